The van der Waals surface area contributed by atoms with E-state index in [-0.39, 0.29) is 6.61 Å². The smallest absolute Gasteiger partial charge is 0.276 e. The number of hydrazine groups is 1. The molecular formula is C17H18N2O4. The average Bonchev–Trinajstić information content (AvgIpc) is 3.01. The second-order valence-corrected chi connectivity index (χ2v) is 5.00. The van der Waals surface area contributed by atoms with Crippen molar-refractivity contribution in [2.45, 2.75) is 13.8 Å². The van der Waals surface area contributed by atoms with Gasteiger partial charge in [-0.1, -0.05) is 6.07 Å². The summed E-state index contributed by atoms with van der Waals surface area (Å²) in [5.41, 5.74) is 6.63. The number of hydrogen-bond acceptors (Lipinski definition) is 4. The molecule has 0 aliphatic carbocycles. The van der Waals surface area contributed by atoms with Crippen molar-refractivity contribution in [2.24, 2.45) is 0 Å². The lowest BCUT2D eigenvalue weighted by Crippen LogP contribution is -2.43. The number of carbonyl (C=O) groups excluding carboxylic acids is 2. The van der Waals surface area contributed by atoms with Gasteiger partial charge in [-0.2, -0.15) is 0 Å². The van der Waals surface area contributed by atoms with E-state index in [2.05, 4.69) is 10.9 Å². The topological polar surface area (TPSA) is 80.6 Å². The first-order valence-electron chi connectivity index (χ1n) is 7.04. The lowest BCUT2D eigenvalue weighted by atomic mass is 10.1. The van der Waals surface area contributed by atoms with Gasteiger partial charge < -0.3 is 9.15 Å². The Morgan fingerprint density at radius 2 is 1.91 bits per heavy atom. The van der Waals surface area contributed by atoms with Gasteiger partial charge in [0.1, 0.15) is 11.5 Å². The minimum Gasteiger partial charge on any atom is -0.484 e. The van der Waals surface area contributed by atoms with Gasteiger partial charge in [0, 0.05) is 6.08 Å². The van der Waals surface area contributed by atoms with Crippen molar-refractivity contribution >= 4 is 17.9 Å². The molecule has 1 aromatic heterocycles. The van der Waals surface area contributed by atoms with Gasteiger partial charge in [0.2, 0.25) is 0 Å². The molecule has 0 radical (unpaired) electrons. The monoisotopic (exact) mass is 314 g/mol. The van der Waals surface area contributed by atoms with Crippen molar-refractivity contribution in [3.8, 4) is 5.75 Å². The Balaban J connectivity index is 1.73. The van der Waals surface area contributed by atoms with Crippen LogP contribution < -0.4 is 15.6 Å². The quantitative estimate of drug-likeness (QED) is 0.654. The molecule has 0 aliphatic rings. The molecule has 0 bridgehead atoms. The van der Waals surface area contributed by atoms with E-state index in [0.29, 0.717) is 11.5 Å². The van der Waals surface area contributed by atoms with Crippen LogP contribution in [-0.2, 0) is 9.59 Å². The Labute approximate surface area is 134 Å². The third-order valence-corrected chi connectivity index (χ3v) is 2.83. The van der Waals surface area contributed by atoms with Crippen LogP contribution in [0.5, 0.6) is 5.75 Å². The standard InChI is InChI=1S/C17H18N2O4/c1-12-8-13(2)10-15(9-12)23-11-17(21)19-18-16(20)6-5-14-4-3-7-22-14/h3-10H,11H2,1-2H3,(H,18,20)(H,19,21). The second kappa shape index (κ2) is 7.84. The molecule has 2 aromatic rings. The Kier molecular flexibility index (Phi) is 5.57. The van der Waals surface area contributed by atoms with E-state index in [1.54, 1.807) is 12.1 Å². The fourth-order valence-corrected chi connectivity index (χ4v) is 1.92. The van der Waals surface area contributed by atoms with Crippen molar-refractivity contribution in [3.63, 3.8) is 0 Å². The van der Waals surface area contributed by atoms with Gasteiger partial charge in [-0.15, -0.1) is 0 Å². The van der Waals surface area contributed by atoms with Crippen LogP contribution in [0.1, 0.15) is 16.9 Å². The minimum absolute atomic E-state index is 0.189. The zero-order chi connectivity index (χ0) is 16.7. The third-order valence-electron chi connectivity index (χ3n) is 2.83. The Bertz CT molecular complexity index is 685. The molecule has 0 atom stereocenters. The normalized spacial score (nSPS) is 10.5. The van der Waals surface area contributed by atoms with Crippen molar-refractivity contribution in [2.75, 3.05) is 6.61 Å². The van der Waals surface area contributed by atoms with Gasteiger partial charge in [-0.05, 0) is 55.3 Å². The Morgan fingerprint density at radius 3 is 2.57 bits per heavy atom. The summed E-state index contributed by atoms with van der Waals surface area (Å²) < 4.78 is 10.4. The zero-order valence-electron chi connectivity index (χ0n) is 13.0. The molecule has 6 heteroatoms. The SMILES string of the molecule is Cc1cc(C)cc(OCC(=O)NNC(=O)C=Cc2ccco2)c1. The number of carbonyl (C=O) groups is 2. The number of nitrogens with one attached hydrogen (secondary N) is 2. The van der Waals surface area contributed by atoms with Gasteiger partial charge in [-0.25, -0.2) is 0 Å². The zero-order valence-corrected chi connectivity index (χ0v) is 13.0. The van der Waals surface area contributed by atoms with Crippen molar-refractivity contribution in [3.05, 3.63) is 59.6 Å². The molecule has 0 unspecified atom stereocenters. The first kappa shape index (κ1) is 16.4. The molecule has 0 saturated heterocycles. The molecule has 1 aromatic carbocycles. The largest absolute Gasteiger partial charge is 0.484 e. The fraction of sp³-hybridized carbons (Fsp3) is 0.176. The maximum absolute atomic E-state index is 11.6. The summed E-state index contributed by atoms with van der Waals surface area (Å²) in [4.78, 5) is 23.1. The predicted octanol–water partition coefficient (Wildman–Crippen LogP) is 2.14. The summed E-state index contributed by atoms with van der Waals surface area (Å²) >= 11 is 0. The van der Waals surface area contributed by atoms with Crippen LogP contribution in [0.2, 0.25) is 0 Å². The second-order valence-electron chi connectivity index (χ2n) is 5.00. The molecule has 0 fully saturated rings. The highest BCUT2D eigenvalue weighted by Crippen LogP contribution is 2.15. The van der Waals surface area contributed by atoms with Crippen LogP contribution in [0.3, 0.4) is 0 Å². The predicted molar refractivity (Wildman–Crippen MR) is 85.4 cm³/mol. The molecule has 23 heavy (non-hydrogen) atoms. The highest BCUT2D eigenvalue weighted by molar-refractivity contribution is 5.92. The summed E-state index contributed by atoms with van der Waals surface area (Å²) in [6.45, 7) is 3.71. The van der Waals surface area contributed by atoms with E-state index < -0.39 is 11.8 Å². The molecule has 0 saturated carbocycles. The van der Waals surface area contributed by atoms with Gasteiger partial charge >= 0.3 is 0 Å². The number of rotatable bonds is 5. The van der Waals surface area contributed by atoms with E-state index in [9.17, 15) is 9.59 Å². The fourth-order valence-electron chi connectivity index (χ4n) is 1.92. The van der Waals surface area contributed by atoms with Crippen LogP contribution in [0.15, 0.2) is 47.1 Å². The summed E-state index contributed by atoms with van der Waals surface area (Å²) in [7, 11) is 0. The van der Waals surface area contributed by atoms with Gasteiger partial charge in [0.25, 0.3) is 11.8 Å². The molecule has 6 nitrogen and oxygen atoms in total. The minimum atomic E-state index is -0.471. The summed E-state index contributed by atoms with van der Waals surface area (Å²) in [6, 6.07) is 9.11. The van der Waals surface area contributed by atoms with Crippen molar-refractivity contribution in [1.29, 1.82) is 0 Å². The van der Waals surface area contributed by atoms with E-state index in [1.165, 1.54) is 18.4 Å². The number of ether oxygens (including phenoxy) is 1. The molecule has 2 rings (SSSR count). The van der Waals surface area contributed by atoms with Crippen LogP contribution in [-0.4, -0.2) is 18.4 Å². The highest BCUT2D eigenvalue weighted by atomic mass is 16.5. The molecule has 0 spiro atoms. The maximum atomic E-state index is 11.6. The lowest BCUT2D eigenvalue weighted by molar-refractivity contribution is -0.128. The molecule has 120 valence electrons. The van der Waals surface area contributed by atoms with E-state index in [0.717, 1.165) is 11.1 Å². The van der Waals surface area contributed by atoms with Gasteiger partial charge in [-0.3, -0.25) is 20.4 Å². The summed E-state index contributed by atoms with van der Waals surface area (Å²) in [6.07, 6.45) is 4.25. The summed E-state index contributed by atoms with van der Waals surface area (Å²) in [5.74, 6) is 0.233. The Morgan fingerprint density at radius 1 is 1.17 bits per heavy atom. The summed E-state index contributed by atoms with van der Waals surface area (Å²) in [5, 5.41) is 0. The van der Waals surface area contributed by atoms with Crippen LogP contribution >= 0.6 is 0 Å². The van der Waals surface area contributed by atoms with Crippen LogP contribution in [0, 0.1) is 13.8 Å². The first-order valence-corrected chi connectivity index (χ1v) is 7.04. The van der Waals surface area contributed by atoms with Gasteiger partial charge in [0.05, 0.1) is 6.26 Å². The molecule has 2 amide bonds. The van der Waals surface area contributed by atoms with E-state index in [1.807, 2.05) is 32.0 Å². The van der Waals surface area contributed by atoms with E-state index >= 15 is 0 Å². The highest BCUT2D eigenvalue weighted by Gasteiger charge is 2.04. The lowest BCUT2D eigenvalue weighted by Gasteiger charge is -2.09. The number of hydrogen-bond donors (Lipinski definition) is 2. The number of benzene rings is 1. The van der Waals surface area contributed by atoms with E-state index in [4.69, 9.17) is 9.15 Å². The number of furan rings is 1. The third kappa shape index (κ3) is 5.70. The molecule has 0 aliphatic heterocycles. The number of aryl methyl sites for hydroxylation is 2. The molecule has 1 heterocycles. The van der Waals surface area contributed by atoms with Crippen molar-refractivity contribution < 1.29 is 18.7 Å². The maximum Gasteiger partial charge on any atom is 0.276 e. The average molecular weight is 314 g/mol. The Hall–Kier alpha value is -3.02. The first-order chi connectivity index (χ1) is 11.0. The van der Waals surface area contributed by atoms with Crippen LogP contribution in [0.4, 0.5) is 0 Å². The molecular weight excluding hydrogens is 296 g/mol. The van der Waals surface area contributed by atoms with Crippen molar-refractivity contribution in [1.82, 2.24) is 10.9 Å². The van der Waals surface area contributed by atoms with Gasteiger partial charge in [0.15, 0.2) is 6.61 Å². The van der Waals surface area contributed by atoms with Crippen LogP contribution in [0.25, 0.3) is 6.08 Å². The molecule has 2 N–H and O–H groups in total. The number of amides is 2.